The second-order valence-corrected chi connectivity index (χ2v) is 2.32. The first-order chi connectivity index (χ1) is 4.95. The van der Waals surface area contributed by atoms with E-state index in [1.807, 2.05) is 0 Å². The normalized spacial score (nSPS) is 17.7. The molecule has 6 heteroatoms. The molecule has 0 saturated heterocycles. The van der Waals surface area contributed by atoms with Crippen LogP contribution >= 0.6 is 0 Å². The van der Waals surface area contributed by atoms with Crippen LogP contribution in [0.3, 0.4) is 0 Å². The van der Waals surface area contributed by atoms with Gasteiger partial charge in [0.15, 0.2) is 5.54 Å². The van der Waals surface area contributed by atoms with Crippen LogP contribution < -0.4 is 0 Å². The van der Waals surface area contributed by atoms with Crippen molar-refractivity contribution in [1.29, 1.82) is 0 Å². The van der Waals surface area contributed by atoms with E-state index in [2.05, 4.69) is 10.0 Å². The third-order valence-electron chi connectivity index (χ3n) is 1.50. The quantitative estimate of drug-likeness (QED) is 0.356. The summed E-state index contributed by atoms with van der Waals surface area (Å²) < 4.78 is 0. The Morgan fingerprint density at radius 1 is 1.82 bits per heavy atom. The summed E-state index contributed by atoms with van der Waals surface area (Å²) in [5, 5.41) is 20.4. The number of carboxylic acids is 1. The van der Waals surface area contributed by atoms with Gasteiger partial charge in [-0.15, -0.1) is 0 Å². The molecule has 0 spiro atoms. The lowest BCUT2D eigenvalue weighted by atomic mass is 9.98. The minimum Gasteiger partial charge on any atom is -0.481 e. The second-order valence-electron chi connectivity index (χ2n) is 2.32. The zero-order chi connectivity index (χ0) is 9.07. The van der Waals surface area contributed by atoms with Crippen molar-refractivity contribution in [2.75, 3.05) is 0 Å². The van der Waals surface area contributed by atoms with Gasteiger partial charge >= 0.3 is 5.97 Å². The maximum atomic E-state index is 10.4. The highest BCUT2D eigenvalue weighted by atomic mass is 16.4. The molecule has 6 nitrogen and oxygen atoms in total. The highest BCUT2D eigenvalue weighted by Gasteiger charge is 2.37. The van der Waals surface area contributed by atoms with Gasteiger partial charge in [0.1, 0.15) is 0 Å². The fourth-order valence-electron chi connectivity index (χ4n) is 0.398. The molecule has 62 valence electrons. The summed E-state index contributed by atoms with van der Waals surface area (Å²) in [6.45, 7) is 2.41. The minimum absolute atomic E-state index is 1.15. The number of aliphatic hydroxyl groups excluding tert-OH is 1. The van der Waals surface area contributed by atoms with E-state index in [9.17, 15) is 4.79 Å². The maximum absolute atomic E-state index is 10.4. The highest BCUT2D eigenvalue weighted by molar-refractivity contribution is 5.79. The minimum atomic E-state index is -1.77. The van der Waals surface area contributed by atoms with E-state index >= 15 is 0 Å². The number of carbonyl (C=O) groups is 1. The molecular formula is C5H9N3O3. The monoisotopic (exact) mass is 159 g/mol. The number of nitrogens with zero attached hydrogens (tertiary/aromatic N) is 3. The maximum Gasteiger partial charge on any atom is 0.317 e. The molecule has 0 aliphatic heterocycles. The highest BCUT2D eigenvalue weighted by Crippen LogP contribution is 2.15. The fraction of sp³-hybridized carbons (Fsp3) is 0.800. The third-order valence-corrected chi connectivity index (χ3v) is 1.50. The average molecular weight is 159 g/mol. The van der Waals surface area contributed by atoms with E-state index in [0.717, 1.165) is 6.92 Å². The number of aliphatic hydroxyl groups is 1. The molecule has 0 aliphatic rings. The Balaban J connectivity index is 4.81. The van der Waals surface area contributed by atoms with Crippen LogP contribution in [0.5, 0.6) is 0 Å². The van der Waals surface area contributed by atoms with Crippen molar-refractivity contribution < 1.29 is 15.0 Å². The lowest BCUT2D eigenvalue weighted by Gasteiger charge is -2.21. The van der Waals surface area contributed by atoms with E-state index in [-0.39, 0.29) is 0 Å². The van der Waals surface area contributed by atoms with Crippen molar-refractivity contribution in [2.45, 2.75) is 25.5 Å². The van der Waals surface area contributed by atoms with Crippen molar-refractivity contribution in [3.8, 4) is 0 Å². The van der Waals surface area contributed by atoms with Gasteiger partial charge in [-0.2, -0.15) is 0 Å². The standard InChI is InChI=1S/C5H9N3O3/c1-3(9)5(2,4(10)11)7-8-6/h3,9H,1-2H3,(H,10,11)/t3-,5+/m1/s1. The topological polar surface area (TPSA) is 106 Å². The predicted molar refractivity (Wildman–Crippen MR) is 36.9 cm³/mol. The number of azide groups is 1. The largest absolute Gasteiger partial charge is 0.481 e. The van der Waals surface area contributed by atoms with Gasteiger partial charge in [-0.05, 0) is 19.4 Å². The number of carboxylic acid groups (broad SMARTS) is 1. The van der Waals surface area contributed by atoms with Gasteiger partial charge in [-0.1, -0.05) is 5.11 Å². The molecular weight excluding hydrogens is 150 g/mol. The first-order valence-electron chi connectivity index (χ1n) is 2.93. The Morgan fingerprint density at radius 3 is 2.36 bits per heavy atom. The molecule has 0 radical (unpaired) electrons. The molecule has 2 atom stereocenters. The van der Waals surface area contributed by atoms with Gasteiger partial charge in [0.25, 0.3) is 0 Å². The van der Waals surface area contributed by atoms with Gasteiger partial charge in [0, 0.05) is 4.91 Å². The smallest absolute Gasteiger partial charge is 0.317 e. The lowest BCUT2D eigenvalue weighted by molar-refractivity contribution is -0.146. The van der Waals surface area contributed by atoms with Crippen LogP contribution in [-0.2, 0) is 4.79 Å². The Hall–Kier alpha value is -1.26. The fourth-order valence-corrected chi connectivity index (χ4v) is 0.398. The first kappa shape index (κ1) is 9.74. The molecule has 0 aromatic heterocycles. The summed E-state index contributed by atoms with van der Waals surface area (Å²) in [6, 6.07) is 0. The van der Waals surface area contributed by atoms with Crippen LogP contribution in [0.2, 0.25) is 0 Å². The summed E-state index contributed by atoms with van der Waals surface area (Å²) in [6.07, 6.45) is -1.21. The zero-order valence-corrected chi connectivity index (χ0v) is 6.22. The lowest BCUT2D eigenvalue weighted by Crippen LogP contribution is -2.43. The average Bonchev–Trinajstić information content (AvgIpc) is 1.87. The van der Waals surface area contributed by atoms with E-state index in [0.29, 0.717) is 0 Å². The predicted octanol–water partition coefficient (Wildman–Crippen LogP) is 0.521. The summed E-state index contributed by atoms with van der Waals surface area (Å²) in [7, 11) is 0. The molecule has 0 heterocycles. The summed E-state index contributed by atoms with van der Waals surface area (Å²) in [5.41, 5.74) is 6.21. The molecule has 0 aromatic rings. The van der Waals surface area contributed by atoms with E-state index in [1.54, 1.807) is 0 Å². The molecule has 2 N–H and O–H groups in total. The SMILES string of the molecule is C[C@@H](O)[C@](C)(N=[N+]=[N-])C(=O)O. The van der Waals surface area contributed by atoms with E-state index in [4.69, 9.17) is 15.7 Å². The Labute approximate surface area is 63.1 Å². The van der Waals surface area contributed by atoms with Gasteiger partial charge in [-0.25, -0.2) is 0 Å². The molecule has 0 bridgehead atoms. The van der Waals surface area contributed by atoms with Crippen LogP contribution in [0.1, 0.15) is 13.8 Å². The van der Waals surface area contributed by atoms with Crippen molar-refractivity contribution in [2.24, 2.45) is 5.11 Å². The third kappa shape index (κ3) is 1.83. The Morgan fingerprint density at radius 2 is 2.27 bits per heavy atom. The molecule has 11 heavy (non-hydrogen) atoms. The zero-order valence-electron chi connectivity index (χ0n) is 6.22. The van der Waals surface area contributed by atoms with Crippen LogP contribution in [0.25, 0.3) is 10.4 Å². The summed E-state index contributed by atoms with van der Waals surface area (Å²) in [5.74, 6) is -1.34. The van der Waals surface area contributed by atoms with Crippen LogP contribution in [0, 0.1) is 0 Å². The molecule has 0 rings (SSSR count). The van der Waals surface area contributed by atoms with E-state index < -0.39 is 17.6 Å². The second kappa shape index (κ2) is 3.23. The number of hydrogen-bond acceptors (Lipinski definition) is 3. The number of rotatable bonds is 3. The Bertz CT molecular complexity index is 205. The van der Waals surface area contributed by atoms with Crippen molar-refractivity contribution in [3.05, 3.63) is 10.4 Å². The van der Waals surface area contributed by atoms with Gasteiger partial charge < -0.3 is 10.2 Å². The van der Waals surface area contributed by atoms with Gasteiger partial charge in [-0.3, -0.25) is 4.79 Å². The first-order valence-corrected chi connectivity index (χ1v) is 2.93. The summed E-state index contributed by atoms with van der Waals surface area (Å²) >= 11 is 0. The van der Waals surface area contributed by atoms with E-state index in [1.165, 1.54) is 6.92 Å². The van der Waals surface area contributed by atoms with Crippen molar-refractivity contribution in [3.63, 3.8) is 0 Å². The Kier molecular flexibility index (Phi) is 2.86. The van der Waals surface area contributed by atoms with Crippen LogP contribution in [0.4, 0.5) is 0 Å². The molecule has 0 saturated carbocycles. The molecule has 0 unspecified atom stereocenters. The van der Waals surface area contributed by atoms with Gasteiger partial charge in [0.05, 0.1) is 6.10 Å². The van der Waals surface area contributed by atoms with Crippen molar-refractivity contribution >= 4 is 5.97 Å². The van der Waals surface area contributed by atoms with Gasteiger partial charge in [0.2, 0.25) is 0 Å². The van der Waals surface area contributed by atoms with Crippen LogP contribution in [-0.4, -0.2) is 27.8 Å². The van der Waals surface area contributed by atoms with Crippen LogP contribution in [0.15, 0.2) is 5.11 Å². The molecule has 0 fully saturated rings. The molecule has 0 aromatic carbocycles. The number of aliphatic carboxylic acids is 1. The molecule has 0 aliphatic carbocycles. The molecule has 0 amide bonds. The summed E-state index contributed by atoms with van der Waals surface area (Å²) in [4.78, 5) is 12.8. The number of hydrogen-bond donors (Lipinski definition) is 2. The van der Waals surface area contributed by atoms with Crippen molar-refractivity contribution in [1.82, 2.24) is 0 Å².